The first-order valence-electron chi connectivity index (χ1n) is 7.16. The highest BCUT2D eigenvalue weighted by atomic mass is 28.3. The maximum Gasteiger partial charge on any atom is 0.258 e. The molecule has 1 rings (SSSR count). The SMILES string of the molecule is C=C[Si](C)(C=C)CCCN(C(=O)CF)c1cccc(C)c1. The number of carbonyl (C=O) groups is 1. The molecule has 21 heavy (non-hydrogen) atoms. The van der Waals surface area contributed by atoms with E-state index in [9.17, 15) is 9.18 Å². The van der Waals surface area contributed by atoms with Crippen molar-refractivity contribution in [2.24, 2.45) is 0 Å². The van der Waals surface area contributed by atoms with E-state index in [1.54, 1.807) is 0 Å². The molecule has 0 bridgehead atoms. The van der Waals surface area contributed by atoms with E-state index in [-0.39, 0.29) is 0 Å². The molecule has 1 aromatic carbocycles. The Kier molecular flexibility index (Phi) is 6.56. The van der Waals surface area contributed by atoms with E-state index >= 15 is 0 Å². The molecule has 114 valence electrons. The third-order valence-corrected chi connectivity index (χ3v) is 7.05. The van der Waals surface area contributed by atoms with E-state index in [2.05, 4.69) is 19.7 Å². The molecule has 0 aliphatic carbocycles. The third-order valence-electron chi connectivity index (χ3n) is 3.76. The summed E-state index contributed by atoms with van der Waals surface area (Å²) in [5.41, 5.74) is 5.81. The molecular weight excluding hydrogens is 281 g/mol. The zero-order valence-corrected chi connectivity index (χ0v) is 13.9. The number of hydrogen-bond donors (Lipinski definition) is 0. The summed E-state index contributed by atoms with van der Waals surface area (Å²) in [5, 5.41) is 0. The van der Waals surface area contributed by atoms with Crippen molar-refractivity contribution < 1.29 is 9.18 Å². The molecule has 2 nitrogen and oxygen atoms in total. The Hall–Kier alpha value is -1.68. The topological polar surface area (TPSA) is 20.3 Å². The fourth-order valence-corrected chi connectivity index (χ4v) is 3.67. The van der Waals surface area contributed by atoms with Crippen LogP contribution in [-0.2, 0) is 4.79 Å². The van der Waals surface area contributed by atoms with Crippen LogP contribution in [-0.4, -0.2) is 27.2 Å². The lowest BCUT2D eigenvalue weighted by Gasteiger charge is -2.24. The summed E-state index contributed by atoms with van der Waals surface area (Å²) < 4.78 is 12.8. The molecule has 0 aliphatic rings. The van der Waals surface area contributed by atoms with Crippen LogP contribution in [0.25, 0.3) is 0 Å². The Morgan fingerprint density at radius 2 is 2.05 bits per heavy atom. The molecule has 1 aromatic rings. The first-order chi connectivity index (χ1) is 9.95. The maximum atomic E-state index is 12.8. The number of anilines is 1. The zero-order chi connectivity index (χ0) is 15.9. The fourth-order valence-electron chi connectivity index (χ4n) is 2.17. The van der Waals surface area contributed by atoms with Gasteiger partial charge in [-0.1, -0.05) is 30.1 Å². The Labute approximate surface area is 128 Å². The van der Waals surface area contributed by atoms with E-state index in [0.29, 0.717) is 6.54 Å². The second kappa shape index (κ2) is 7.93. The third kappa shape index (κ3) is 4.97. The number of halogens is 1. The van der Waals surface area contributed by atoms with Gasteiger partial charge >= 0.3 is 0 Å². The van der Waals surface area contributed by atoms with Gasteiger partial charge in [0.25, 0.3) is 5.91 Å². The van der Waals surface area contributed by atoms with Gasteiger partial charge in [-0.2, -0.15) is 0 Å². The summed E-state index contributed by atoms with van der Waals surface area (Å²) in [6, 6.07) is 8.56. The van der Waals surface area contributed by atoms with Crippen LogP contribution >= 0.6 is 0 Å². The van der Waals surface area contributed by atoms with Crippen molar-refractivity contribution in [3.63, 3.8) is 0 Å². The second-order valence-electron chi connectivity index (χ2n) is 5.54. The van der Waals surface area contributed by atoms with Gasteiger partial charge < -0.3 is 4.90 Å². The zero-order valence-electron chi connectivity index (χ0n) is 12.9. The number of nitrogens with zero attached hydrogens (tertiary/aromatic N) is 1. The molecule has 1 amide bonds. The minimum atomic E-state index is -1.62. The quantitative estimate of drug-likeness (QED) is 0.659. The van der Waals surface area contributed by atoms with Crippen LogP contribution in [0.2, 0.25) is 12.6 Å². The van der Waals surface area contributed by atoms with Crippen LogP contribution in [0.4, 0.5) is 10.1 Å². The van der Waals surface area contributed by atoms with E-state index in [0.717, 1.165) is 23.7 Å². The van der Waals surface area contributed by atoms with Crippen LogP contribution < -0.4 is 4.90 Å². The number of aryl methyl sites for hydroxylation is 1. The normalized spacial score (nSPS) is 11.0. The van der Waals surface area contributed by atoms with Crippen molar-refractivity contribution in [2.45, 2.75) is 25.9 Å². The average Bonchev–Trinajstić information content (AvgIpc) is 2.50. The molecule has 0 aliphatic heterocycles. The predicted molar refractivity (Wildman–Crippen MR) is 90.9 cm³/mol. The molecule has 0 aromatic heterocycles. The summed E-state index contributed by atoms with van der Waals surface area (Å²) in [6.07, 6.45) is 0.820. The Morgan fingerprint density at radius 3 is 2.57 bits per heavy atom. The highest BCUT2D eigenvalue weighted by Gasteiger charge is 2.20. The van der Waals surface area contributed by atoms with Gasteiger partial charge in [-0.15, -0.1) is 13.2 Å². The Balaban J connectivity index is 2.79. The van der Waals surface area contributed by atoms with Gasteiger partial charge in [0, 0.05) is 12.2 Å². The standard InChI is InChI=1S/C17H24FNOSi/c1-5-21(4,6-2)12-8-11-19(17(20)14-18)16-10-7-9-15(3)13-16/h5-7,9-10,13H,1-2,8,11-12,14H2,3-4H3. The molecule has 0 radical (unpaired) electrons. The first-order valence-corrected chi connectivity index (χ1v) is 10.0. The molecule has 0 unspecified atom stereocenters. The molecule has 0 fully saturated rings. The van der Waals surface area contributed by atoms with Gasteiger partial charge in [-0.25, -0.2) is 4.39 Å². The molecule has 0 heterocycles. The summed E-state index contributed by atoms with van der Waals surface area (Å²) in [5.74, 6) is -0.485. The number of benzene rings is 1. The van der Waals surface area contributed by atoms with E-state index in [4.69, 9.17) is 0 Å². The van der Waals surface area contributed by atoms with Gasteiger partial charge in [-0.3, -0.25) is 4.79 Å². The largest absolute Gasteiger partial charge is 0.310 e. The second-order valence-corrected chi connectivity index (χ2v) is 9.86. The fraction of sp³-hybridized carbons (Fsp3) is 0.353. The highest BCUT2D eigenvalue weighted by Crippen LogP contribution is 2.20. The molecule has 0 saturated carbocycles. The predicted octanol–water partition coefficient (Wildman–Crippen LogP) is 4.22. The van der Waals surface area contributed by atoms with E-state index in [1.165, 1.54) is 4.90 Å². The van der Waals surface area contributed by atoms with Crippen LogP contribution in [0.15, 0.2) is 48.8 Å². The minimum absolute atomic E-state index is 0.485. The monoisotopic (exact) mass is 305 g/mol. The Morgan fingerprint density at radius 1 is 1.38 bits per heavy atom. The van der Waals surface area contributed by atoms with E-state index < -0.39 is 20.7 Å². The molecule has 4 heteroatoms. The van der Waals surface area contributed by atoms with Crippen molar-refractivity contribution in [1.29, 1.82) is 0 Å². The van der Waals surface area contributed by atoms with Crippen molar-refractivity contribution in [1.82, 2.24) is 0 Å². The average molecular weight is 305 g/mol. The lowest BCUT2D eigenvalue weighted by Crippen LogP contribution is -2.34. The van der Waals surface area contributed by atoms with Crippen molar-refractivity contribution in [3.8, 4) is 0 Å². The highest BCUT2D eigenvalue weighted by molar-refractivity contribution is 6.87. The van der Waals surface area contributed by atoms with Gasteiger partial charge in [0.05, 0.1) is 8.07 Å². The van der Waals surface area contributed by atoms with Crippen LogP contribution in [0, 0.1) is 6.92 Å². The molecule has 0 N–H and O–H groups in total. The smallest absolute Gasteiger partial charge is 0.258 e. The number of amides is 1. The van der Waals surface area contributed by atoms with Gasteiger partial charge in [0.2, 0.25) is 0 Å². The summed E-state index contributed by atoms with van der Waals surface area (Å²) in [4.78, 5) is 13.4. The molecular formula is C17H24FNOSi. The lowest BCUT2D eigenvalue weighted by atomic mass is 10.2. The number of rotatable bonds is 8. The summed E-state index contributed by atoms with van der Waals surface area (Å²) in [7, 11) is -1.62. The number of hydrogen-bond acceptors (Lipinski definition) is 1. The Bertz CT molecular complexity index is 507. The van der Waals surface area contributed by atoms with Gasteiger partial charge in [0.15, 0.2) is 6.67 Å². The number of alkyl halides is 1. The summed E-state index contributed by atoms with van der Waals surface area (Å²) >= 11 is 0. The number of carbonyl (C=O) groups excluding carboxylic acids is 1. The molecule has 0 saturated heterocycles. The molecule has 0 atom stereocenters. The van der Waals surface area contributed by atoms with Crippen LogP contribution in [0.1, 0.15) is 12.0 Å². The van der Waals surface area contributed by atoms with Crippen molar-refractivity contribution in [3.05, 3.63) is 54.4 Å². The summed E-state index contributed by atoms with van der Waals surface area (Å²) in [6.45, 7) is 11.4. The van der Waals surface area contributed by atoms with Crippen LogP contribution in [0.5, 0.6) is 0 Å². The maximum absolute atomic E-state index is 12.8. The lowest BCUT2D eigenvalue weighted by molar-refractivity contribution is -0.119. The van der Waals surface area contributed by atoms with Gasteiger partial charge in [0.1, 0.15) is 0 Å². The van der Waals surface area contributed by atoms with Crippen molar-refractivity contribution >= 4 is 19.7 Å². The van der Waals surface area contributed by atoms with Crippen molar-refractivity contribution in [2.75, 3.05) is 18.1 Å². The van der Waals surface area contributed by atoms with Crippen LogP contribution in [0.3, 0.4) is 0 Å². The van der Waals surface area contributed by atoms with Gasteiger partial charge in [-0.05, 0) is 37.1 Å². The first kappa shape index (κ1) is 17.4. The minimum Gasteiger partial charge on any atom is -0.310 e. The molecule has 0 spiro atoms. The van der Waals surface area contributed by atoms with E-state index in [1.807, 2.05) is 42.6 Å².